The first-order chi connectivity index (χ1) is 5.41. The predicted molar refractivity (Wildman–Crippen MR) is 46.1 cm³/mol. The third-order valence-electron chi connectivity index (χ3n) is 2.41. The van der Waals surface area contributed by atoms with Crippen molar-refractivity contribution in [2.45, 2.75) is 17.6 Å². The van der Waals surface area contributed by atoms with E-state index in [-0.39, 0.29) is 0 Å². The number of thioether (sulfide) groups is 1. The fourth-order valence-corrected chi connectivity index (χ4v) is 2.91. The van der Waals surface area contributed by atoms with Gasteiger partial charge in [0.15, 0.2) is 0 Å². The van der Waals surface area contributed by atoms with Gasteiger partial charge in [-0.15, -0.1) is 0 Å². The Morgan fingerprint density at radius 1 is 1.00 bits per heavy atom. The van der Waals surface area contributed by atoms with Crippen molar-refractivity contribution in [3.63, 3.8) is 0 Å². The van der Waals surface area contributed by atoms with Crippen molar-refractivity contribution in [3.05, 3.63) is 0 Å². The minimum atomic E-state index is 0.427. The van der Waals surface area contributed by atoms with Gasteiger partial charge in [-0.3, -0.25) is 0 Å². The summed E-state index contributed by atoms with van der Waals surface area (Å²) in [5, 5.41) is 0. The molecule has 2 rings (SSSR count). The molecular formula is C8H14O2S. The largest absolute Gasteiger partial charge is 0.381 e. The summed E-state index contributed by atoms with van der Waals surface area (Å²) in [4.78, 5) is 0. The molecule has 0 radical (unpaired) electrons. The van der Waals surface area contributed by atoms with Crippen LogP contribution in [-0.4, -0.2) is 36.9 Å². The van der Waals surface area contributed by atoms with Crippen molar-refractivity contribution in [2.75, 3.05) is 32.2 Å². The maximum Gasteiger partial charge on any atom is 0.0614 e. The van der Waals surface area contributed by atoms with Crippen LogP contribution < -0.4 is 0 Å². The molecule has 1 unspecified atom stereocenters. The van der Waals surface area contributed by atoms with Crippen molar-refractivity contribution in [1.82, 2.24) is 0 Å². The van der Waals surface area contributed by atoms with Crippen LogP contribution in [0.2, 0.25) is 0 Å². The molecule has 0 aromatic rings. The van der Waals surface area contributed by atoms with Gasteiger partial charge in [0, 0.05) is 23.7 Å². The van der Waals surface area contributed by atoms with Gasteiger partial charge in [-0.2, -0.15) is 11.8 Å². The first-order valence-electron chi connectivity index (χ1n) is 4.21. The molecule has 0 aromatic carbocycles. The molecule has 2 fully saturated rings. The number of ether oxygens (including phenoxy) is 2. The van der Waals surface area contributed by atoms with Gasteiger partial charge in [0.1, 0.15) is 0 Å². The van der Waals surface area contributed by atoms with Crippen molar-refractivity contribution >= 4 is 11.8 Å². The summed E-state index contributed by atoms with van der Waals surface area (Å²) in [6.07, 6.45) is 2.40. The van der Waals surface area contributed by atoms with Crippen molar-refractivity contribution in [1.29, 1.82) is 0 Å². The summed E-state index contributed by atoms with van der Waals surface area (Å²) in [6, 6.07) is 0. The Labute approximate surface area is 71.6 Å². The van der Waals surface area contributed by atoms with E-state index in [1.807, 2.05) is 11.8 Å². The Morgan fingerprint density at radius 3 is 2.55 bits per heavy atom. The van der Waals surface area contributed by atoms with Crippen LogP contribution in [0.25, 0.3) is 0 Å². The summed E-state index contributed by atoms with van der Waals surface area (Å²) in [5.41, 5.74) is 0. The highest BCUT2D eigenvalue weighted by atomic mass is 32.2. The zero-order valence-corrected chi connectivity index (χ0v) is 7.49. The molecule has 2 nitrogen and oxygen atoms in total. The van der Waals surface area contributed by atoms with Crippen LogP contribution in [0.4, 0.5) is 0 Å². The molecule has 64 valence electrons. The highest BCUT2D eigenvalue weighted by molar-refractivity contribution is 8.00. The Hall–Kier alpha value is 0.270. The number of rotatable bonds is 0. The highest BCUT2D eigenvalue weighted by Crippen LogP contribution is 2.38. The molecule has 3 heteroatoms. The van der Waals surface area contributed by atoms with E-state index in [4.69, 9.17) is 9.47 Å². The van der Waals surface area contributed by atoms with E-state index in [1.165, 1.54) is 12.8 Å². The van der Waals surface area contributed by atoms with Crippen LogP contribution in [-0.2, 0) is 9.47 Å². The van der Waals surface area contributed by atoms with Crippen LogP contribution in [0.5, 0.6) is 0 Å². The molecule has 0 amide bonds. The molecular weight excluding hydrogens is 160 g/mol. The quantitative estimate of drug-likeness (QED) is 0.551. The molecule has 0 aliphatic carbocycles. The topological polar surface area (TPSA) is 18.5 Å². The molecule has 0 N–H and O–H groups in total. The van der Waals surface area contributed by atoms with E-state index in [9.17, 15) is 0 Å². The lowest BCUT2D eigenvalue weighted by Gasteiger charge is -2.23. The summed E-state index contributed by atoms with van der Waals surface area (Å²) < 4.78 is 11.2. The normalized spacial score (nSPS) is 39.3. The summed E-state index contributed by atoms with van der Waals surface area (Å²) in [6.45, 7) is 3.75. The molecule has 0 saturated carbocycles. The fraction of sp³-hybridized carbons (Fsp3) is 1.00. The molecule has 2 aliphatic heterocycles. The van der Waals surface area contributed by atoms with Crippen LogP contribution in [0.1, 0.15) is 12.8 Å². The van der Waals surface area contributed by atoms with Gasteiger partial charge in [0.25, 0.3) is 0 Å². The third-order valence-corrected chi connectivity index (χ3v) is 3.91. The van der Waals surface area contributed by atoms with Crippen LogP contribution in [0.3, 0.4) is 0 Å². The average molecular weight is 174 g/mol. The van der Waals surface area contributed by atoms with Gasteiger partial charge in [-0.25, -0.2) is 0 Å². The standard InChI is InChI=1S/C8H14O2S/c1-3-9-5-6-11-8(1)2-4-10-7-8/h1-7H2. The Morgan fingerprint density at radius 2 is 1.82 bits per heavy atom. The van der Waals surface area contributed by atoms with E-state index in [0.29, 0.717) is 4.75 Å². The zero-order chi connectivity index (χ0) is 7.57. The number of hydrogen-bond donors (Lipinski definition) is 0. The molecule has 2 saturated heterocycles. The van der Waals surface area contributed by atoms with Crippen LogP contribution in [0, 0.1) is 0 Å². The Kier molecular flexibility index (Phi) is 2.39. The third kappa shape index (κ3) is 1.71. The van der Waals surface area contributed by atoms with E-state index in [0.717, 1.165) is 32.2 Å². The summed E-state index contributed by atoms with van der Waals surface area (Å²) in [5.74, 6) is 1.14. The first kappa shape index (κ1) is 7.90. The zero-order valence-electron chi connectivity index (χ0n) is 6.67. The van der Waals surface area contributed by atoms with E-state index >= 15 is 0 Å². The van der Waals surface area contributed by atoms with Crippen molar-refractivity contribution < 1.29 is 9.47 Å². The first-order valence-corrected chi connectivity index (χ1v) is 5.19. The smallest absolute Gasteiger partial charge is 0.0614 e. The molecule has 1 atom stereocenters. The lowest BCUT2D eigenvalue weighted by atomic mass is 10.0. The Bertz CT molecular complexity index is 122. The second-order valence-electron chi connectivity index (χ2n) is 3.20. The lowest BCUT2D eigenvalue weighted by molar-refractivity contribution is 0.138. The monoisotopic (exact) mass is 174 g/mol. The Balaban J connectivity index is 1.97. The second-order valence-corrected chi connectivity index (χ2v) is 4.76. The van der Waals surface area contributed by atoms with Crippen molar-refractivity contribution in [2.24, 2.45) is 0 Å². The van der Waals surface area contributed by atoms with Crippen molar-refractivity contribution in [3.8, 4) is 0 Å². The molecule has 0 bridgehead atoms. The molecule has 0 aromatic heterocycles. The summed E-state index contributed by atoms with van der Waals surface area (Å²) in [7, 11) is 0. The van der Waals surface area contributed by atoms with Crippen LogP contribution in [0.15, 0.2) is 0 Å². The van der Waals surface area contributed by atoms with E-state index < -0.39 is 0 Å². The minimum Gasteiger partial charge on any atom is -0.381 e. The van der Waals surface area contributed by atoms with E-state index in [1.54, 1.807) is 0 Å². The minimum absolute atomic E-state index is 0.427. The maximum atomic E-state index is 5.42. The van der Waals surface area contributed by atoms with Gasteiger partial charge in [0.2, 0.25) is 0 Å². The lowest BCUT2D eigenvalue weighted by Crippen LogP contribution is -2.25. The van der Waals surface area contributed by atoms with Gasteiger partial charge < -0.3 is 9.47 Å². The molecule has 2 aliphatic rings. The molecule has 2 heterocycles. The van der Waals surface area contributed by atoms with E-state index in [2.05, 4.69) is 0 Å². The molecule has 11 heavy (non-hydrogen) atoms. The van der Waals surface area contributed by atoms with Gasteiger partial charge in [0.05, 0.1) is 13.2 Å². The molecule has 1 spiro atoms. The van der Waals surface area contributed by atoms with Crippen LogP contribution >= 0.6 is 11.8 Å². The van der Waals surface area contributed by atoms with Gasteiger partial charge in [-0.1, -0.05) is 0 Å². The number of hydrogen-bond acceptors (Lipinski definition) is 3. The average Bonchev–Trinajstić information content (AvgIpc) is 2.32. The fourth-order valence-electron chi connectivity index (χ4n) is 1.65. The van der Waals surface area contributed by atoms with Gasteiger partial charge >= 0.3 is 0 Å². The maximum absolute atomic E-state index is 5.42. The summed E-state index contributed by atoms with van der Waals surface area (Å²) >= 11 is 2.04. The highest BCUT2D eigenvalue weighted by Gasteiger charge is 2.35. The second kappa shape index (κ2) is 3.33. The predicted octanol–water partition coefficient (Wildman–Crippen LogP) is 1.30. The SMILES string of the molecule is C1CSC2(CCO1)CCOC2. The van der Waals surface area contributed by atoms with Gasteiger partial charge in [-0.05, 0) is 12.8 Å².